The highest BCUT2D eigenvalue weighted by molar-refractivity contribution is 6.00. The Hall–Kier alpha value is -2.37. The van der Waals surface area contributed by atoms with Crippen molar-refractivity contribution >= 4 is 11.6 Å². The van der Waals surface area contributed by atoms with Gasteiger partial charge in [-0.3, -0.25) is 4.79 Å². The number of benzene rings is 1. The molecule has 2 aromatic rings. The molecule has 0 fully saturated rings. The number of para-hydroxylation sites is 1. The summed E-state index contributed by atoms with van der Waals surface area (Å²) in [6, 6.07) is 5.72. The van der Waals surface area contributed by atoms with Gasteiger partial charge in [0.05, 0.1) is 17.3 Å². The van der Waals surface area contributed by atoms with Crippen LogP contribution < -0.4 is 10.6 Å². The molecule has 0 saturated heterocycles. The van der Waals surface area contributed by atoms with Crippen LogP contribution in [0.3, 0.4) is 0 Å². The fraction of sp³-hybridized carbons (Fsp3) is 0.471. The molecule has 122 valence electrons. The third-order valence-electron chi connectivity index (χ3n) is 4.14. The molecule has 6 heteroatoms. The lowest BCUT2D eigenvalue weighted by Gasteiger charge is -2.22. The van der Waals surface area contributed by atoms with Crippen molar-refractivity contribution in [3.63, 3.8) is 0 Å². The van der Waals surface area contributed by atoms with Gasteiger partial charge in [0, 0.05) is 13.1 Å². The summed E-state index contributed by atoms with van der Waals surface area (Å²) in [7, 11) is 0. The number of carbonyl (C=O) groups is 1. The second-order valence-corrected chi connectivity index (χ2v) is 5.91. The van der Waals surface area contributed by atoms with E-state index >= 15 is 0 Å². The van der Waals surface area contributed by atoms with E-state index in [9.17, 15) is 4.79 Å². The van der Waals surface area contributed by atoms with Crippen LogP contribution in [0, 0.1) is 0 Å². The van der Waals surface area contributed by atoms with Crippen LogP contribution in [-0.2, 0) is 13.0 Å². The Morgan fingerprint density at radius 3 is 3.17 bits per heavy atom. The van der Waals surface area contributed by atoms with Crippen molar-refractivity contribution < 1.29 is 4.79 Å². The van der Waals surface area contributed by atoms with Gasteiger partial charge in [-0.25, -0.2) is 9.67 Å². The summed E-state index contributed by atoms with van der Waals surface area (Å²) in [5.41, 5.74) is 2.89. The highest BCUT2D eigenvalue weighted by Crippen LogP contribution is 2.26. The van der Waals surface area contributed by atoms with Gasteiger partial charge in [0.15, 0.2) is 0 Å². The van der Waals surface area contributed by atoms with Crippen molar-refractivity contribution in [1.29, 1.82) is 0 Å². The average molecular weight is 313 g/mol. The fourth-order valence-corrected chi connectivity index (χ4v) is 3.03. The predicted molar refractivity (Wildman–Crippen MR) is 89.4 cm³/mol. The van der Waals surface area contributed by atoms with Crippen molar-refractivity contribution in [2.75, 3.05) is 11.9 Å². The standard InChI is InChI=1S/C17H23N5O/c1-3-10-22-16(19-11-20-22)12(2)21-17(23)14-8-4-6-13-7-5-9-18-15(13)14/h4,6,8,11-12,18H,3,5,7,9-10H2,1-2H3,(H,21,23). The Labute approximate surface area is 136 Å². The van der Waals surface area contributed by atoms with Gasteiger partial charge >= 0.3 is 0 Å². The number of nitrogens with one attached hydrogen (secondary N) is 2. The van der Waals surface area contributed by atoms with Crippen LogP contribution in [0.25, 0.3) is 0 Å². The molecule has 1 unspecified atom stereocenters. The maximum Gasteiger partial charge on any atom is 0.253 e. The Morgan fingerprint density at radius 1 is 1.48 bits per heavy atom. The molecule has 2 N–H and O–H groups in total. The minimum atomic E-state index is -0.184. The topological polar surface area (TPSA) is 71.8 Å². The zero-order valence-corrected chi connectivity index (χ0v) is 13.7. The summed E-state index contributed by atoms with van der Waals surface area (Å²) in [5, 5.41) is 10.6. The number of anilines is 1. The molecular formula is C17H23N5O. The molecule has 0 radical (unpaired) electrons. The molecule has 1 aromatic heterocycles. The number of rotatable bonds is 5. The highest BCUT2D eigenvalue weighted by atomic mass is 16.1. The minimum absolute atomic E-state index is 0.0743. The van der Waals surface area contributed by atoms with Gasteiger partial charge in [0.1, 0.15) is 12.2 Å². The number of nitrogens with zero attached hydrogens (tertiary/aromatic N) is 3. The first kappa shape index (κ1) is 15.5. The molecule has 23 heavy (non-hydrogen) atoms. The van der Waals surface area contributed by atoms with E-state index in [0.29, 0.717) is 5.56 Å². The van der Waals surface area contributed by atoms with Crippen molar-refractivity contribution in [3.8, 4) is 0 Å². The zero-order chi connectivity index (χ0) is 16.2. The normalized spacial score (nSPS) is 14.7. The molecule has 1 amide bonds. The van der Waals surface area contributed by atoms with E-state index in [-0.39, 0.29) is 11.9 Å². The van der Waals surface area contributed by atoms with Gasteiger partial charge < -0.3 is 10.6 Å². The van der Waals surface area contributed by atoms with Gasteiger partial charge in [0.2, 0.25) is 0 Å². The molecule has 2 heterocycles. The molecule has 6 nitrogen and oxygen atoms in total. The Bertz CT molecular complexity index is 694. The van der Waals surface area contributed by atoms with E-state index in [4.69, 9.17) is 0 Å². The molecule has 0 bridgehead atoms. The summed E-state index contributed by atoms with van der Waals surface area (Å²) >= 11 is 0. The van der Waals surface area contributed by atoms with Crippen molar-refractivity contribution in [2.45, 2.75) is 45.7 Å². The average Bonchev–Trinajstić information content (AvgIpc) is 3.03. The lowest BCUT2D eigenvalue weighted by atomic mass is 9.99. The van der Waals surface area contributed by atoms with E-state index < -0.39 is 0 Å². The van der Waals surface area contributed by atoms with Crippen molar-refractivity contribution in [2.24, 2.45) is 0 Å². The summed E-state index contributed by atoms with van der Waals surface area (Å²) < 4.78 is 1.85. The van der Waals surface area contributed by atoms with E-state index in [0.717, 1.165) is 43.9 Å². The third-order valence-corrected chi connectivity index (χ3v) is 4.14. The quantitative estimate of drug-likeness (QED) is 0.890. The third kappa shape index (κ3) is 3.21. The summed E-state index contributed by atoms with van der Waals surface area (Å²) in [6.07, 6.45) is 4.64. The van der Waals surface area contributed by atoms with Crippen molar-refractivity contribution in [1.82, 2.24) is 20.1 Å². The Kier molecular flexibility index (Phi) is 4.60. The number of aromatic nitrogens is 3. The molecule has 1 atom stereocenters. The molecule has 0 aliphatic carbocycles. The molecule has 0 saturated carbocycles. The second-order valence-electron chi connectivity index (χ2n) is 5.91. The van der Waals surface area contributed by atoms with Crippen LogP contribution in [0.15, 0.2) is 24.5 Å². The number of hydrogen-bond acceptors (Lipinski definition) is 4. The Balaban J connectivity index is 1.78. The molecule has 1 aliphatic rings. The van der Waals surface area contributed by atoms with Gasteiger partial charge in [0.25, 0.3) is 5.91 Å². The summed E-state index contributed by atoms with van der Waals surface area (Å²) in [5.74, 6) is 0.716. The van der Waals surface area contributed by atoms with Crippen LogP contribution in [0.5, 0.6) is 0 Å². The van der Waals surface area contributed by atoms with E-state index in [1.807, 2.05) is 23.7 Å². The minimum Gasteiger partial charge on any atom is -0.384 e. The highest BCUT2D eigenvalue weighted by Gasteiger charge is 2.20. The fourth-order valence-electron chi connectivity index (χ4n) is 3.03. The van der Waals surface area contributed by atoms with Gasteiger partial charge in [-0.15, -0.1) is 0 Å². The van der Waals surface area contributed by atoms with E-state index in [1.165, 1.54) is 5.56 Å². The van der Waals surface area contributed by atoms with Crippen molar-refractivity contribution in [3.05, 3.63) is 41.5 Å². The Morgan fingerprint density at radius 2 is 2.35 bits per heavy atom. The zero-order valence-electron chi connectivity index (χ0n) is 13.7. The summed E-state index contributed by atoms with van der Waals surface area (Å²) in [4.78, 5) is 17.0. The first-order valence-electron chi connectivity index (χ1n) is 8.25. The second kappa shape index (κ2) is 6.81. The van der Waals surface area contributed by atoms with Gasteiger partial charge in [-0.05, 0) is 37.8 Å². The van der Waals surface area contributed by atoms with Gasteiger partial charge in [-0.2, -0.15) is 5.10 Å². The van der Waals surface area contributed by atoms with Crippen LogP contribution in [-0.4, -0.2) is 27.2 Å². The number of carbonyl (C=O) groups excluding carboxylic acids is 1. The number of fused-ring (bicyclic) bond motifs is 1. The van der Waals surface area contributed by atoms with E-state index in [1.54, 1.807) is 6.33 Å². The molecule has 1 aromatic carbocycles. The van der Waals surface area contributed by atoms with Crippen LogP contribution in [0.2, 0.25) is 0 Å². The van der Waals surface area contributed by atoms with Crippen LogP contribution in [0.4, 0.5) is 5.69 Å². The monoisotopic (exact) mass is 313 g/mol. The number of aryl methyl sites for hydroxylation is 2. The molecular weight excluding hydrogens is 290 g/mol. The van der Waals surface area contributed by atoms with Crippen LogP contribution >= 0.6 is 0 Å². The number of hydrogen-bond donors (Lipinski definition) is 2. The molecule has 3 rings (SSSR count). The van der Waals surface area contributed by atoms with Gasteiger partial charge in [-0.1, -0.05) is 19.1 Å². The SMILES string of the molecule is CCCn1ncnc1C(C)NC(=O)c1cccc2c1NCCC2. The predicted octanol–water partition coefficient (Wildman–Crippen LogP) is 2.54. The lowest BCUT2D eigenvalue weighted by molar-refractivity contribution is 0.0938. The maximum absolute atomic E-state index is 12.7. The number of amides is 1. The first-order valence-corrected chi connectivity index (χ1v) is 8.25. The lowest BCUT2D eigenvalue weighted by Crippen LogP contribution is -2.30. The smallest absolute Gasteiger partial charge is 0.253 e. The summed E-state index contributed by atoms with van der Waals surface area (Å²) in [6.45, 7) is 5.75. The van der Waals surface area contributed by atoms with Crippen LogP contribution in [0.1, 0.15) is 54.5 Å². The van der Waals surface area contributed by atoms with E-state index in [2.05, 4.69) is 33.7 Å². The molecule has 1 aliphatic heterocycles. The maximum atomic E-state index is 12.7. The molecule has 0 spiro atoms. The first-order chi connectivity index (χ1) is 11.2. The largest absolute Gasteiger partial charge is 0.384 e.